The van der Waals surface area contributed by atoms with Gasteiger partial charge < -0.3 is 5.32 Å². The predicted octanol–water partition coefficient (Wildman–Crippen LogP) is 1.49. The second kappa shape index (κ2) is 4.14. The molecule has 2 rings (SSSR count). The van der Waals surface area contributed by atoms with Crippen LogP contribution < -0.4 is 5.32 Å². The molecule has 0 bridgehead atoms. The summed E-state index contributed by atoms with van der Waals surface area (Å²) >= 11 is 1.30. The Balaban J connectivity index is 2.15. The summed E-state index contributed by atoms with van der Waals surface area (Å²) in [6, 6.07) is 1.68. The largest absolute Gasteiger partial charge is 0.320 e. The number of hydrogen-bond acceptors (Lipinski definition) is 5. The van der Waals surface area contributed by atoms with Gasteiger partial charge in [-0.1, -0.05) is 0 Å². The maximum absolute atomic E-state index is 11.7. The van der Waals surface area contributed by atoms with E-state index in [-0.39, 0.29) is 5.91 Å². The Hall–Kier alpha value is -1.82. The number of nitrogens with zero attached hydrogens (tertiary/aromatic N) is 3. The molecule has 2 aromatic heterocycles. The van der Waals surface area contributed by atoms with Crippen LogP contribution in [0.15, 0.2) is 24.7 Å². The lowest BCUT2D eigenvalue weighted by Crippen LogP contribution is -2.12. The number of amides is 1. The number of nitrogens with one attached hydrogen (secondary N) is 1. The minimum Gasteiger partial charge on any atom is -0.320 e. The lowest BCUT2D eigenvalue weighted by Gasteiger charge is -2.02. The van der Waals surface area contributed by atoms with E-state index in [1.807, 2.05) is 6.92 Å². The van der Waals surface area contributed by atoms with Gasteiger partial charge in [-0.25, -0.2) is 4.37 Å². The van der Waals surface area contributed by atoms with E-state index < -0.39 is 0 Å². The van der Waals surface area contributed by atoms with Crippen molar-refractivity contribution in [3.05, 3.63) is 35.1 Å². The fraction of sp³-hybridized carbons (Fsp3) is 0.111. The molecule has 0 saturated carbocycles. The first-order valence-electron chi connectivity index (χ1n) is 4.26. The Bertz CT molecular complexity index is 468. The first-order chi connectivity index (χ1) is 7.27. The van der Waals surface area contributed by atoms with E-state index in [2.05, 4.69) is 19.9 Å². The summed E-state index contributed by atoms with van der Waals surface area (Å²) in [7, 11) is 0. The van der Waals surface area contributed by atoms with Crippen molar-refractivity contribution >= 4 is 23.1 Å². The smallest absolute Gasteiger partial charge is 0.258 e. The van der Waals surface area contributed by atoms with Crippen LogP contribution in [0.3, 0.4) is 0 Å². The topological polar surface area (TPSA) is 67.8 Å². The SMILES string of the molecule is Cc1sncc1C(=O)Nc1ccnnc1. The zero-order valence-electron chi connectivity index (χ0n) is 7.97. The van der Waals surface area contributed by atoms with Crippen molar-refractivity contribution in [2.24, 2.45) is 0 Å². The summed E-state index contributed by atoms with van der Waals surface area (Å²) in [5.41, 5.74) is 1.22. The molecule has 0 atom stereocenters. The number of rotatable bonds is 2. The van der Waals surface area contributed by atoms with Crippen molar-refractivity contribution in [1.82, 2.24) is 14.6 Å². The van der Waals surface area contributed by atoms with Crippen LogP contribution >= 0.6 is 11.5 Å². The van der Waals surface area contributed by atoms with Crippen LogP contribution in [0.5, 0.6) is 0 Å². The van der Waals surface area contributed by atoms with Crippen LogP contribution in [0.1, 0.15) is 15.2 Å². The lowest BCUT2D eigenvalue weighted by atomic mass is 10.2. The third-order valence-electron chi connectivity index (χ3n) is 1.84. The van der Waals surface area contributed by atoms with E-state index in [4.69, 9.17) is 0 Å². The highest BCUT2D eigenvalue weighted by molar-refractivity contribution is 7.06. The Labute approximate surface area is 90.3 Å². The van der Waals surface area contributed by atoms with Crippen LogP contribution in [0.4, 0.5) is 5.69 Å². The van der Waals surface area contributed by atoms with Crippen LogP contribution in [0, 0.1) is 6.92 Å². The van der Waals surface area contributed by atoms with Crippen molar-refractivity contribution in [3.63, 3.8) is 0 Å². The molecule has 0 fully saturated rings. The molecule has 0 aliphatic heterocycles. The van der Waals surface area contributed by atoms with Crippen LogP contribution in [-0.4, -0.2) is 20.5 Å². The Morgan fingerprint density at radius 3 is 2.87 bits per heavy atom. The van der Waals surface area contributed by atoms with E-state index in [1.54, 1.807) is 12.3 Å². The molecule has 76 valence electrons. The maximum Gasteiger partial charge on any atom is 0.258 e. The van der Waals surface area contributed by atoms with Gasteiger partial charge in [0.2, 0.25) is 0 Å². The van der Waals surface area contributed by atoms with Crippen molar-refractivity contribution in [2.75, 3.05) is 5.32 Å². The van der Waals surface area contributed by atoms with Gasteiger partial charge in [0.05, 0.1) is 29.8 Å². The average molecular weight is 220 g/mol. The minimum atomic E-state index is -0.172. The summed E-state index contributed by atoms with van der Waals surface area (Å²) in [6.45, 7) is 1.86. The van der Waals surface area contributed by atoms with E-state index in [0.717, 1.165) is 4.88 Å². The Morgan fingerprint density at radius 2 is 2.27 bits per heavy atom. The van der Waals surface area contributed by atoms with Gasteiger partial charge >= 0.3 is 0 Å². The normalized spacial score (nSPS) is 9.93. The van der Waals surface area contributed by atoms with E-state index in [0.29, 0.717) is 11.3 Å². The van der Waals surface area contributed by atoms with Gasteiger partial charge in [0.1, 0.15) is 0 Å². The quantitative estimate of drug-likeness (QED) is 0.832. The number of aryl methyl sites for hydroxylation is 1. The van der Waals surface area contributed by atoms with Crippen LogP contribution in [0.25, 0.3) is 0 Å². The molecular formula is C9H8N4OS. The van der Waals surface area contributed by atoms with Crippen molar-refractivity contribution in [2.45, 2.75) is 6.92 Å². The van der Waals surface area contributed by atoms with Gasteiger partial charge in [0, 0.05) is 4.88 Å². The summed E-state index contributed by atoms with van der Waals surface area (Å²) < 4.78 is 3.94. The number of aromatic nitrogens is 3. The highest BCUT2D eigenvalue weighted by atomic mass is 32.1. The molecule has 1 N–H and O–H groups in total. The van der Waals surface area contributed by atoms with Crippen LogP contribution in [-0.2, 0) is 0 Å². The first-order valence-corrected chi connectivity index (χ1v) is 5.04. The highest BCUT2D eigenvalue weighted by Crippen LogP contribution is 2.13. The third kappa shape index (κ3) is 2.16. The fourth-order valence-electron chi connectivity index (χ4n) is 1.08. The molecule has 15 heavy (non-hydrogen) atoms. The zero-order valence-corrected chi connectivity index (χ0v) is 8.78. The summed E-state index contributed by atoms with van der Waals surface area (Å²) in [4.78, 5) is 12.6. The van der Waals surface area contributed by atoms with Gasteiger partial charge in [-0.05, 0) is 24.5 Å². The number of carbonyl (C=O) groups is 1. The monoisotopic (exact) mass is 220 g/mol. The molecule has 0 aliphatic carbocycles. The molecule has 0 radical (unpaired) electrons. The highest BCUT2D eigenvalue weighted by Gasteiger charge is 2.10. The minimum absolute atomic E-state index is 0.172. The zero-order chi connectivity index (χ0) is 10.7. The molecule has 0 aromatic carbocycles. The lowest BCUT2D eigenvalue weighted by molar-refractivity contribution is 0.102. The van der Waals surface area contributed by atoms with Crippen molar-refractivity contribution < 1.29 is 4.79 Å². The molecule has 0 spiro atoms. The van der Waals surface area contributed by atoms with Gasteiger partial charge in [-0.2, -0.15) is 10.2 Å². The van der Waals surface area contributed by atoms with Crippen molar-refractivity contribution in [1.29, 1.82) is 0 Å². The van der Waals surface area contributed by atoms with E-state index in [9.17, 15) is 4.79 Å². The fourth-order valence-corrected chi connectivity index (χ4v) is 1.64. The molecule has 1 amide bonds. The number of carbonyl (C=O) groups excluding carboxylic acids is 1. The maximum atomic E-state index is 11.7. The van der Waals surface area contributed by atoms with Gasteiger partial charge in [-0.15, -0.1) is 0 Å². The third-order valence-corrected chi connectivity index (χ3v) is 2.54. The molecule has 6 heteroatoms. The molecule has 0 aliphatic rings. The van der Waals surface area contributed by atoms with Gasteiger partial charge in [0.15, 0.2) is 0 Å². The molecular weight excluding hydrogens is 212 g/mol. The molecule has 5 nitrogen and oxygen atoms in total. The molecule has 2 aromatic rings. The van der Waals surface area contributed by atoms with E-state index in [1.165, 1.54) is 23.9 Å². The van der Waals surface area contributed by atoms with Gasteiger partial charge in [-0.3, -0.25) is 4.79 Å². The summed E-state index contributed by atoms with van der Waals surface area (Å²) in [6.07, 6.45) is 4.57. The molecule has 2 heterocycles. The standard InChI is InChI=1S/C9H8N4OS/c1-6-8(5-12-15-6)9(14)13-7-2-3-10-11-4-7/h2-5H,1H3,(H,10,13,14). The summed E-state index contributed by atoms with van der Waals surface area (Å²) in [5, 5.41) is 10.00. The summed E-state index contributed by atoms with van der Waals surface area (Å²) in [5.74, 6) is -0.172. The average Bonchev–Trinajstić information content (AvgIpc) is 2.66. The second-order valence-corrected chi connectivity index (χ2v) is 3.89. The Kier molecular flexibility index (Phi) is 2.68. The van der Waals surface area contributed by atoms with Crippen molar-refractivity contribution in [3.8, 4) is 0 Å². The van der Waals surface area contributed by atoms with Gasteiger partial charge in [0.25, 0.3) is 5.91 Å². The Morgan fingerprint density at radius 1 is 1.40 bits per heavy atom. The number of hydrogen-bond donors (Lipinski definition) is 1. The first kappa shape index (κ1) is 9.72. The number of anilines is 1. The van der Waals surface area contributed by atoms with E-state index >= 15 is 0 Å². The predicted molar refractivity (Wildman–Crippen MR) is 56.8 cm³/mol. The van der Waals surface area contributed by atoms with Crippen LogP contribution in [0.2, 0.25) is 0 Å². The molecule has 0 saturated heterocycles. The molecule has 0 unspecified atom stereocenters. The second-order valence-electron chi connectivity index (χ2n) is 2.88.